The van der Waals surface area contributed by atoms with Gasteiger partial charge in [-0.15, -0.1) is 0 Å². The molecule has 0 radical (unpaired) electrons. The summed E-state index contributed by atoms with van der Waals surface area (Å²) in [7, 11) is 0. The summed E-state index contributed by atoms with van der Waals surface area (Å²) in [6.45, 7) is 3.90. The first-order chi connectivity index (χ1) is 9.16. The molecule has 1 saturated heterocycles. The van der Waals surface area contributed by atoms with E-state index in [1.54, 1.807) is 0 Å². The van der Waals surface area contributed by atoms with Crippen LogP contribution in [0.2, 0.25) is 0 Å². The minimum Gasteiger partial charge on any atom is -0.483 e. The monoisotopic (exact) mass is 325 g/mol. The molecular weight excluding hydrogens is 306 g/mol. The van der Waals surface area contributed by atoms with Crippen LogP contribution in [0.5, 0.6) is 5.75 Å². The van der Waals surface area contributed by atoms with Gasteiger partial charge in [-0.1, -0.05) is 18.9 Å². The number of likely N-dealkylation sites (tertiary alicyclic amines) is 1. The highest BCUT2D eigenvalue weighted by atomic mass is 79.9. The van der Waals surface area contributed by atoms with Crippen LogP contribution in [0.4, 0.5) is 0 Å². The Hall–Kier alpha value is -1.03. The summed E-state index contributed by atoms with van der Waals surface area (Å²) in [5.74, 6) is 0.822. The Bertz CT molecular complexity index is 440. The highest BCUT2D eigenvalue weighted by Gasteiger charge is 2.16. The smallest absolute Gasteiger partial charge is 0.260 e. The van der Waals surface area contributed by atoms with E-state index in [2.05, 4.69) is 15.9 Å². The molecule has 0 saturated carbocycles. The van der Waals surface area contributed by atoms with Crippen molar-refractivity contribution in [2.45, 2.75) is 32.6 Å². The van der Waals surface area contributed by atoms with Crippen molar-refractivity contribution < 1.29 is 9.53 Å². The molecule has 104 valence electrons. The van der Waals surface area contributed by atoms with Gasteiger partial charge in [-0.25, -0.2) is 0 Å². The van der Waals surface area contributed by atoms with E-state index in [-0.39, 0.29) is 12.5 Å². The molecule has 0 spiro atoms. The van der Waals surface area contributed by atoms with E-state index in [1.165, 1.54) is 12.8 Å². The molecule has 2 rings (SSSR count). The minimum absolute atomic E-state index is 0.0920. The maximum atomic E-state index is 12.1. The second kappa shape index (κ2) is 6.94. The van der Waals surface area contributed by atoms with E-state index >= 15 is 0 Å². The average Bonchev–Trinajstić information content (AvgIpc) is 2.66. The van der Waals surface area contributed by atoms with Crippen LogP contribution in [-0.2, 0) is 4.79 Å². The molecule has 0 bridgehead atoms. The van der Waals surface area contributed by atoms with Crippen LogP contribution in [0.3, 0.4) is 0 Å². The maximum Gasteiger partial charge on any atom is 0.260 e. The molecule has 1 aliphatic rings. The van der Waals surface area contributed by atoms with Crippen LogP contribution in [0, 0.1) is 6.92 Å². The molecule has 1 heterocycles. The molecule has 3 nitrogen and oxygen atoms in total. The van der Waals surface area contributed by atoms with Gasteiger partial charge in [-0.2, -0.15) is 0 Å². The first-order valence-corrected chi connectivity index (χ1v) is 7.63. The summed E-state index contributed by atoms with van der Waals surface area (Å²) in [6.07, 6.45) is 4.68. The molecule has 0 atom stereocenters. The SMILES string of the molecule is Cc1ccc(OCC(=O)N2CCCCCC2)c(Br)c1. The van der Waals surface area contributed by atoms with Crippen LogP contribution in [0.1, 0.15) is 31.2 Å². The van der Waals surface area contributed by atoms with E-state index in [0.717, 1.165) is 41.7 Å². The largest absolute Gasteiger partial charge is 0.483 e. The lowest BCUT2D eigenvalue weighted by atomic mass is 10.2. The average molecular weight is 326 g/mol. The number of ether oxygens (including phenoxy) is 1. The third kappa shape index (κ3) is 4.23. The maximum absolute atomic E-state index is 12.1. The van der Waals surface area contributed by atoms with Crippen LogP contribution in [0.15, 0.2) is 22.7 Å². The predicted molar refractivity (Wildman–Crippen MR) is 79.4 cm³/mol. The summed E-state index contributed by atoms with van der Waals surface area (Å²) in [5, 5.41) is 0. The quantitative estimate of drug-likeness (QED) is 0.850. The van der Waals surface area contributed by atoms with Crippen LogP contribution < -0.4 is 4.74 Å². The van der Waals surface area contributed by atoms with Gasteiger partial charge < -0.3 is 9.64 Å². The number of hydrogen-bond acceptors (Lipinski definition) is 2. The summed E-state index contributed by atoms with van der Waals surface area (Å²) < 4.78 is 6.51. The van der Waals surface area contributed by atoms with Crippen LogP contribution in [0.25, 0.3) is 0 Å². The Morgan fingerprint density at radius 1 is 1.26 bits per heavy atom. The van der Waals surface area contributed by atoms with Crippen molar-refractivity contribution >= 4 is 21.8 Å². The molecule has 0 N–H and O–H groups in total. The third-order valence-electron chi connectivity index (χ3n) is 3.40. The Balaban J connectivity index is 1.88. The van der Waals surface area contributed by atoms with Crippen molar-refractivity contribution in [3.05, 3.63) is 28.2 Å². The molecule has 0 aromatic heterocycles. The first-order valence-electron chi connectivity index (χ1n) is 6.83. The van der Waals surface area contributed by atoms with Gasteiger partial charge in [0, 0.05) is 13.1 Å². The summed E-state index contributed by atoms with van der Waals surface area (Å²) in [4.78, 5) is 14.0. The van der Waals surface area contributed by atoms with Crippen molar-refractivity contribution in [2.75, 3.05) is 19.7 Å². The number of aryl methyl sites for hydroxylation is 1. The molecule has 1 fully saturated rings. The molecule has 1 aromatic carbocycles. The zero-order valence-corrected chi connectivity index (χ0v) is 12.9. The lowest BCUT2D eigenvalue weighted by Crippen LogP contribution is -2.35. The standard InChI is InChI=1S/C15H20BrNO2/c1-12-6-7-14(13(16)10-12)19-11-15(18)17-8-4-2-3-5-9-17/h6-7,10H,2-5,8-9,11H2,1H3. The van der Waals surface area contributed by atoms with Gasteiger partial charge in [0.15, 0.2) is 6.61 Å². The number of nitrogens with zero attached hydrogens (tertiary/aromatic N) is 1. The van der Waals surface area contributed by atoms with Crippen LogP contribution in [-0.4, -0.2) is 30.5 Å². The molecule has 19 heavy (non-hydrogen) atoms. The number of carbonyl (C=O) groups is 1. The van der Waals surface area contributed by atoms with Gasteiger partial charge in [0.25, 0.3) is 5.91 Å². The number of hydrogen-bond donors (Lipinski definition) is 0. The van der Waals surface area contributed by atoms with E-state index < -0.39 is 0 Å². The van der Waals surface area contributed by atoms with Gasteiger partial charge in [-0.3, -0.25) is 4.79 Å². The second-order valence-electron chi connectivity index (χ2n) is 5.02. The molecule has 1 aliphatic heterocycles. The Morgan fingerprint density at radius 3 is 2.58 bits per heavy atom. The Morgan fingerprint density at radius 2 is 1.95 bits per heavy atom. The zero-order valence-electron chi connectivity index (χ0n) is 11.3. The number of benzene rings is 1. The van der Waals surface area contributed by atoms with E-state index in [9.17, 15) is 4.79 Å². The van der Waals surface area contributed by atoms with Gasteiger partial charge in [0.05, 0.1) is 4.47 Å². The first kappa shape index (κ1) is 14.4. The second-order valence-corrected chi connectivity index (χ2v) is 5.87. The van der Waals surface area contributed by atoms with Gasteiger partial charge in [0.2, 0.25) is 0 Å². The normalized spacial score (nSPS) is 16.0. The van der Waals surface area contributed by atoms with Gasteiger partial charge >= 0.3 is 0 Å². The third-order valence-corrected chi connectivity index (χ3v) is 4.02. The molecule has 1 aromatic rings. The lowest BCUT2D eigenvalue weighted by Gasteiger charge is -2.20. The molecule has 0 aliphatic carbocycles. The summed E-state index contributed by atoms with van der Waals surface area (Å²) in [6, 6.07) is 5.87. The number of carbonyl (C=O) groups excluding carboxylic acids is 1. The lowest BCUT2D eigenvalue weighted by molar-refractivity contribution is -0.133. The van der Waals surface area contributed by atoms with E-state index in [4.69, 9.17) is 4.74 Å². The molecule has 1 amide bonds. The summed E-state index contributed by atoms with van der Waals surface area (Å²) >= 11 is 3.46. The molecule has 4 heteroatoms. The highest BCUT2D eigenvalue weighted by Crippen LogP contribution is 2.25. The van der Waals surface area contributed by atoms with E-state index in [1.807, 2.05) is 30.0 Å². The fourth-order valence-corrected chi connectivity index (χ4v) is 2.88. The molecule has 0 unspecified atom stereocenters. The van der Waals surface area contributed by atoms with Gasteiger partial charge in [0.1, 0.15) is 5.75 Å². The van der Waals surface area contributed by atoms with Crippen molar-refractivity contribution in [1.82, 2.24) is 4.90 Å². The van der Waals surface area contributed by atoms with Crippen molar-refractivity contribution in [3.63, 3.8) is 0 Å². The topological polar surface area (TPSA) is 29.5 Å². The van der Waals surface area contributed by atoms with Crippen LogP contribution >= 0.6 is 15.9 Å². The van der Waals surface area contributed by atoms with Gasteiger partial charge in [-0.05, 0) is 53.4 Å². The minimum atomic E-state index is 0.0920. The fourth-order valence-electron chi connectivity index (χ4n) is 2.27. The highest BCUT2D eigenvalue weighted by molar-refractivity contribution is 9.10. The molecular formula is C15H20BrNO2. The van der Waals surface area contributed by atoms with Crippen molar-refractivity contribution in [1.29, 1.82) is 0 Å². The predicted octanol–water partition coefficient (Wildman–Crippen LogP) is 3.54. The zero-order chi connectivity index (χ0) is 13.7. The number of amides is 1. The van der Waals surface area contributed by atoms with Crippen molar-refractivity contribution in [2.24, 2.45) is 0 Å². The Kier molecular flexibility index (Phi) is 5.25. The number of rotatable bonds is 3. The number of halogens is 1. The van der Waals surface area contributed by atoms with E-state index in [0.29, 0.717) is 0 Å². The summed E-state index contributed by atoms with van der Waals surface area (Å²) in [5.41, 5.74) is 1.16. The Labute approximate surface area is 123 Å². The fraction of sp³-hybridized carbons (Fsp3) is 0.533. The van der Waals surface area contributed by atoms with Crippen molar-refractivity contribution in [3.8, 4) is 5.75 Å².